The summed E-state index contributed by atoms with van der Waals surface area (Å²) in [5.74, 6) is -0.529. The molecule has 6 heteroatoms. The van der Waals surface area contributed by atoms with Crippen molar-refractivity contribution in [2.75, 3.05) is 11.9 Å². The second-order valence-corrected chi connectivity index (χ2v) is 4.12. The molecule has 0 unspecified atom stereocenters. The van der Waals surface area contributed by atoms with E-state index in [1.165, 1.54) is 12.1 Å². The van der Waals surface area contributed by atoms with Crippen molar-refractivity contribution in [1.82, 2.24) is 4.98 Å². The molecule has 1 aromatic heterocycles. The summed E-state index contributed by atoms with van der Waals surface area (Å²) in [6, 6.07) is 3.50. The largest absolute Gasteiger partial charge is 0.385 e. The third kappa shape index (κ3) is 2.36. The van der Waals surface area contributed by atoms with Gasteiger partial charge in [-0.25, -0.2) is 18.2 Å². The van der Waals surface area contributed by atoms with Crippen molar-refractivity contribution in [3.05, 3.63) is 34.7 Å². The van der Waals surface area contributed by atoms with Gasteiger partial charge in [0.15, 0.2) is 0 Å². The Morgan fingerprint density at radius 3 is 2.67 bits per heavy atom. The molecule has 0 spiro atoms. The highest BCUT2D eigenvalue weighted by molar-refractivity contribution is 6.35. The Morgan fingerprint density at radius 1 is 1.33 bits per heavy atom. The summed E-state index contributed by atoms with van der Waals surface area (Å²) in [4.78, 5) is 3.77. The summed E-state index contributed by atoms with van der Waals surface area (Å²) < 4.78 is 38.7. The van der Waals surface area contributed by atoms with E-state index in [0.29, 0.717) is 17.6 Å². The lowest BCUT2D eigenvalue weighted by Gasteiger charge is -2.11. The molecule has 0 aliphatic carbocycles. The highest BCUT2D eigenvalue weighted by atomic mass is 35.5. The van der Waals surface area contributed by atoms with E-state index >= 15 is 0 Å². The minimum atomic E-state index is -2.70. The fraction of sp³-hybridized carbons (Fsp3) is 0.250. The van der Waals surface area contributed by atoms with Gasteiger partial charge in [-0.3, -0.25) is 0 Å². The van der Waals surface area contributed by atoms with Crippen LogP contribution in [-0.4, -0.2) is 11.5 Å². The number of anilines is 1. The normalized spacial score (nSPS) is 11.2. The maximum atomic E-state index is 13.3. The van der Waals surface area contributed by atoms with Crippen LogP contribution in [0.3, 0.4) is 0 Å². The minimum Gasteiger partial charge on any atom is -0.385 e. The van der Waals surface area contributed by atoms with Crippen LogP contribution in [0.1, 0.15) is 19.0 Å². The van der Waals surface area contributed by atoms with E-state index in [1.807, 2.05) is 6.92 Å². The number of alkyl halides is 2. The average Bonchev–Trinajstić information content (AvgIpc) is 2.29. The van der Waals surface area contributed by atoms with Crippen molar-refractivity contribution in [3.8, 4) is 0 Å². The molecule has 18 heavy (non-hydrogen) atoms. The number of pyridine rings is 1. The van der Waals surface area contributed by atoms with Gasteiger partial charge in [-0.2, -0.15) is 0 Å². The predicted octanol–water partition coefficient (Wildman–Crippen LogP) is 4.40. The van der Waals surface area contributed by atoms with E-state index in [9.17, 15) is 13.2 Å². The fourth-order valence-corrected chi connectivity index (χ4v) is 1.97. The van der Waals surface area contributed by atoms with Crippen LogP contribution in [0.25, 0.3) is 10.9 Å². The van der Waals surface area contributed by atoms with Gasteiger partial charge in [-0.1, -0.05) is 11.6 Å². The van der Waals surface area contributed by atoms with Crippen LogP contribution in [0.4, 0.5) is 18.9 Å². The van der Waals surface area contributed by atoms with Gasteiger partial charge in [0.1, 0.15) is 11.5 Å². The first-order chi connectivity index (χ1) is 8.52. The molecule has 0 aliphatic rings. The zero-order chi connectivity index (χ0) is 13.3. The van der Waals surface area contributed by atoms with Crippen LogP contribution in [0, 0.1) is 5.82 Å². The zero-order valence-electron chi connectivity index (χ0n) is 9.48. The molecule has 1 N–H and O–H groups in total. The molecule has 0 fully saturated rings. The third-order valence-electron chi connectivity index (χ3n) is 2.44. The third-order valence-corrected chi connectivity index (χ3v) is 2.73. The smallest absolute Gasteiger partial charge is 0.280 e. The highest BCUT2D eigenvalue weighted by Crippen LogP contribution is 2.32. The first kappa shape index (κ1) is 13.0. The monoisotopic (exact) mass is 274 g/mol. The van der Waals surface area contributed by atoms with Crippen molar-refractivity contribution < 1.29 is 13.2 Å². The van der Waals surface area contributed by atoms with Gasteiger partial charge in [-0.05, 0) is 25.1 Å². The van der Waals surface area contributed by atoms with Gasteiger partial charge < -0.3 is 5.32 Å². The lowest BCUT2D eigenvalue weighted by molar-refractivity contribution is 0.146. The quantitative estimate of drug-likeness (QED) is 0.897. The number of hydrogen-bond acceptors (Lipinski definition) is 2. The van der Waals surface area contributed by atoms with Gasteiger partial charge in [0, 0.05) is 17.6 Å². The Balaban J connectivity index is 2.76. The Morgan fingerprint density at radius 2 is 2.06 bits per heavy atom. The second kappa shape index (κ2) is 5.02. The van der Waals surface area contributed by atoms with E-state index in [0.717, 1.165) is 6.07 Å². The lowest BCUT2D eigenvalue weighted by atomic mass is 10.1. The number of halogens is 4. The number of nitrogens with one attached hydrogen (secondary N) is 1. The summed E-state index contributed by atoms with van der Waals surface area (Å²) in [6.45, 7) is 2.34. The molecule has 96 valence electrons. The van der Waals surface area contributed by atoms with Gasteiger partial charge in [0.25, 0.3) is 6.43 Å². The average molecular weight is 275 g/mol. The number of fused-ring (bicyclic) bond motifs is 1. The molecule has 0 aliphatic heterocycles. The van der Waals surface area contributed by atoms with Gasteiger partial charge in [-0.15, -0.1) is 0 Å². The number of nitrogens with zero attached hydrogens (tertiary/aromatic N) is 1. The highest BCUT2D eigenvalue weighted by Gasteiger charge is 2.15. The first-order valence-corrected chi connectivity index (χ1v) is 5.72. The summed E-state index contributed by atoms with van der Waals surface area (Å²) in [6.07, 6.45) is -2.70. The maximum Gasteiger partial charge on any atom is 0.280 e. The van der Waals surface area contributed by atoms with Crippen molar-refractivity contribution >= 4 is 28.2 Å². The zero-order valence-corrected chi connectivity index (χ0v) is 10.2. The van der Waals surface area contributed by atoms with Crippen molar-refractivity contribution in [1.29, 1.82) is 0 Å². The topological polar surface area (TPSA) is 24.9 Å². The standard InChI is InChI=1S/C12H10ClF3N2/c1-2-17-9-5-10(12(15)16)18-11-7(9)3-6(14)4-8(11)13/h3-5,12H,2H2,1H3,(H,17,18). The lowest BCUT2D eigenvalue weighted by Crippen LogP contribution is -2.01. The molecule has 0 amide bonds. The van der Waals surface area contributed by atoms with E-state index in [1.54, 1.807) is 0 Å². The minimum absolute atomic E-state index is 0.0200. The Kier molecular flexibility index (Phi) is 3.61. The molecule has 2 aromatic rings. The Bertz CT molecular complexity index is 587. The first-order valence-electron chi connectivity index (χ1n) is 5.34. The summed E-state index contributed by atoms with van der Waals surface area (Å²) in [7, 11) is 0. The molecule has 2 nitrogen and oxygen atoms in total. The van der Waals surface area contributed by atoms with Crippen LogP contribution < -0.4 is 5.32 Å². The molecule has 0 saturated carbocycles. The molecule has 1 aromatic carbocycles. The van der Waals surface area contributed by atoms with Gasteiger partial charge in [0.05, 0.1) is 10.5 Å². The molecule has 1 heterocycles. The molecule has 0 bridgehead atoms. The number of aromatic nitrogens is 1. The van der Waals surface area contributed by atoms with Gasteiger partial charge >= 0.3 is 0 Å². The molecular weight excluding hydrogens is 265 g/mol. The van der Waals surface area contributed by atoms with E-state index in [4.69, 9.17) is 11.6 Å². The van der Waals surface area contributed by atoms with Crippen molar-refractivity contribution in [2.45, 2.75) is 13.3 Å². The fourth-order valence-electron chi connectivity index (χ4n) is 1.72. The van der Waals surface area contributed by atoms with Crippen LogP contribution in [0.5, 0.6) is 0 Å². The molecule has 0 atom stereocenters. The summed E-state index contributed by atoms with van der Waals surface area (Å²) in [5.41, 5.74) is 0.193. The van der Waals surface area contributed by atoms with E-state index < -0.39 is 12.2 Å². The van der Waals surface area contributed by atoms with Crippen LogP contribution in [-0.2, 0) is 0 Å². The van der Waals surface area contributed by atoms with Crippen LogP contribution in [0.15, 0.2) is 18.2 Å². The Labute approximate surface area is 107 Å². The number of hydrogen-bond donors (Lipinski definition) is 1. The molecule has 2 rings (SSSR count). The van der Waals surface area contributed by atoms with Crippen LogP contribution >= 0.6 is 11.6 Å². The number of benzene rings is 1. The number of rotatable bonds is 3. The van der Waals surface area contributed by atoms with Crippen LogP contribution in [0.2, 0.25) is 5.02 Å². The molecule has 0 saturated heterocycles. The summed E-state index contributed by atoms with van der Waals surface area (Å²) in [5, 5.41) is 3.32. The maximum absolute atomic E-state index is 13.3. The predicted molar refractivity (Wildman–Crippen MR) is 65.8 cm³/mol. The molecule has 0 radical (unpaired) electrons. The SMILES string of the molecule is CCNc1cc(C(F)F)nc2c(Cl)cc(F)cc12. The second-order valence-electron chi connectivity index (χ2n) is 3.71. The molecular formula is C12H10ClF3N2. The summed E-state index contributed by atoms with van der Waals surface area (Å²) >= 11 is 5.84. The Hall–Kier alpha value is -1.49. The van der Waals surface area contributed by atoms with E-state index in [-0.39, 0.29) is 16.2 Å². The van der Waals surface area contributed by atoms with E-state index in [2.05, 4.69) is 10.3 Å². The van der Waals surface area contributed by atoms with Crippen molar-refractivity contribution in [2.24, 2.45) is 0 Å². The van der Waals surface area contributed by atoms with Gasteiger partial charge in [0.2, 0.25) is 0 Å². The van der Waals surface area contributed by atoms with Crippen molar-refractivity contribution in [3.63, 3.8) is 0 Å².